The standard InChI is InChI=1S/C27H36ClN7O4S2/c1-5-7-20-14-18(2)25(21(28)15-20)33-26(36)22-17-29-27(40-22)32-23-16-24(31-19(3)30-23)35-11-9-34(10-12-35)8-6-13-39-41(4,37)38/h14-17H,5-13H2,1-4H3,(H,33,36)(H,29,30,31,32). The van der Waals surface area contributed by atoms with Gasteiger partial charge in [0.2, 0.25) is 0 Å². The van der Waals surface area contributed by atoms with E-state index in [1.54, 1.807) is 0 Å². The monoisotopic (exact) mass is 621 g/mol. The molecule has 222 valence electrons. The van der Waals surface area contributed by atoms with Crippen molar-refractivity contribution in [2.24, 2.45) is 0 Å². The number of piperazine rings is 1. The highest BCUT2D eigenvalue weighted by molar-refractivity contribution is 7.85. The number of benzene rings is 1. The Morgan fingerprint density at radius 3 is 2.59 bits per heavy atom. The van der Waals surface area contributed by atoms with Gasteiger partial charge < -0.3 is 15.5 Å². The summed E-state index contributed by atoms with van der Waals surface area (Å²) in [7, 11) is -3.40. The summed E-state index contributed by atoms with van der Waals surface area (Å²) < 4.78 is 27.1. The fourth-order valence-corrected chi connectivity index (χ4v) is 6.08. The predicted molar refractivity (Wildman–Crippen MR) is 164 cm³/mol. The summed E-state index contributed by atoms with van der Waals surface area (Å²) in [6.45, 7) is 10.1. The molecule has 1 fully saturated rings. The molecule has 0 saturated carbocycles. The molecule has 0 unspecified atom stereocenters. The van der Waals surface area contributed by atoms with E-state index in [0.29, 0.717) is 38.8 Å². The maximum atomic E-state index is 13.0. The molecule has 1 aliphatic heterocycles. The van der Waals surface area contributed by atoms with Crippen LogP contribution in [0, 0.1) is 13.8 Å². The lowest BCUT2D eigenvalue weighted by atomic mass is 10.1. The normalized spacial score (nSPS) is 14.3. The van der Waals surface area contributed by atoms with E-state index in [4.69, 9.17) is 15.8 Å². The molecule has 0 bridgehead atoms. The number of nitrogens with zero attached hydrogens (tertiary/aromatic N) is 5. The second-order valence-corrected chi connectivity index (χ2v) is 13.1. The molecule has 1 aromatic carbocycles. The highest BCUT2D eigenvalue weighted by Gasteiger charge is 2.20. The molecule has 1 saturated heterocycles. The van der Waals surface area contributed by atoms with Crippen LogP contribution < -0.4 is 15.5 Å². The number of rotatable bonds is 12. The summed E-state index contributed by atoms with van der Waals surface area (Å²) in [5, 5.41) is 7.21. The van der Waals surface area contributed by atoms with Gasteiger partial charge in [0, 0.05) is 38.8 Å². The van der Waals surface area contributed by atoms with E-state index in [9.17, 15) is 13.2 Å². The van der Waals surface area contributed by atoms with E-state index in [1.165, 1.54) is 17.5 Å². The van der Waals surface area contributed by atoms with Gasteiger partial charge >= 0.3 is 0 Å². The summed E-state index contributed by atoms with van der Waals surface area (Å²) >= 11 is 7.70. The van der Waals surface area contributed by atoms with Crippen molar-refractivity contribution in [1.82, 2.24) is 19.9 Å². The number of anilines is 4. The second-order valence-electron chi connectivity index (χ2n) is 10.00. The van der Waals surface area contributed by atoms with Gasteiger partial charge in [-0.3, -0.25) is 13.9 Å². The van der Waals surface area contributed by atoms with E-state index in [-0.39, 0.29) is 12.5 Å². The van der Waals surface area contributed by atoms with Gasteiger partial charge in [-0.2, -0.15) is 8.42 Å². The van der Waals surface area contributed by atoms with Gasteiger partial charge in [0.25, 0.3) is 16.0 Å². The molecular formula is C27H36ClN7O4S2. The molecule has 2 N–H and O–H groups in total. The van der Waals surface area contributed by atoms with Crippen LogP contribution in [0.1, 0.15) is 46.4 Å². The first-order valence-electron chi connectivity index (χ1n) is 13.5. The van der Waals surface area contributed by atoms with Gasteiger partial charge in [0.05, 0.1) is 29.8 Å². The van der Waals surface area contributed by atoms with Crippen LogP contribution in [0.5, 0.6) is 0 Å². The second kappa shape index (κ2) is 13.9. The first-order chi connectivity index (χ1) is 19.5. The zero-order valence-corrected chi connectivity index (χ0v) is 26.1. The quantitative estimate of drug-likeness (QED) is 0.218. The Labute approximate surface area is 250 Å². The average molecular weight is 622 g/mol. The first kappa shape index (κ1) is 31.1. The predicted octanol–water partition coefficient (Wildman–Crippen LogP) is 4.64. The molecule has 0 aliphatic carbocycles. The molecule has 14 heteroatoms. The van der Waals surface area contributed by atoms with Crippen molar-refractivity contribution in [1.29, 1.82) is 0 Å². The molecule has 4 rings (SSSR count). The minimum Gasteiger partial charge on any atom is -0.354 e. The number of carbonyl (C=O) groups excluding carboxylic acids is 1. The molecule has 1 amide bonds. The Hall–Kier alpha value is -2.84. The Balaban J connectivity index is 1.34. The topological polar surface area (TPSA) is 130 Å². The summed E-state index contributed by atoms with van der Waals surface area (Å²) in [4.78, 5) is 31.4. The highest BCUT2D eigenvalue weighted by Crippen LogP contribution is 2.30. The van der Waals surface area contributed by atoms with Gasteiger partial charge in [-0.05, 0) is 43.9 Å². The van der Waals surface area contributed by atoms with E-state index in [0.717, 1.165) is 68.8 Å². The molecule has 41 heavy (non-hydrogen) atoms. The largest absolute Gasteiger partial charge is 0.354 e. The lowest BCUT2D eigenvalue weighted by molar-refractivity contribution is 0.103. The number of nitrogens with one attached hydrogen (secondary N) is 2. The lowest BCUT2D eigenvalue weighted by Crippen LogP contribution is -2.47. The number of halogens is 1. The van der Waals surface area contributed by atoms with Crippen LogP contribution in [-0.2, 0) is 20.7 Å². The summed E-state index contributed by atoms with van der Waals surface area (Å²) in [5.41, 5.74) is 2.68. The van der Waals surface area contributed by atoms with Crippen molar-refractivity contribution < 1.29 is 17.4 Å². The molecule has 0 radical (unpaired) electrons. The number of hydrogen-bond donors (Lipinski definition) is 2. The third kappa shape index (κ3) is 9.07. The Kier molecular flexibility index (Phi) is 10.5. The van der Waals surface area contributed by atoms with Crippen molar-refractivity contribution in [3.63, 3.8) is 0 Å². The van der Waals surface area contributed by atoms with E-state index in [1.807, 2.05) is 26.0 Å². The number of aryl methyl sites for hydroxylation is 3. The lowest BCUT2D eigenvalue weighted by Gasteiger charge is -2.35. The van der Waals surface area contributed by atoms with Crippen molar-refractivity contribution in [3.8, 4) is 0 Å². The zero-order valence-electron chi connectivity index (χ0n) is 23.7. The van der Waals surface area contributed by atoms with E-state index >= 15 is 0 Å². The number of aromatic nitrogens is 3. The molecule has 3 aromatic rings. The molecule has 0 atom stereocenters. The van der Waals surface area contributed by atoms with Gasteiger partial charge in [-0.15, -0.1) is 0 Å². The Bertz CT molecular complexity index is 1450. The molecule has 2 aromatic heterocycles. The Morgan fingerprint density at radius 1 is 1.15 bits per heavy atom. The van der Waals surface area contributed by atoms with Gasteiger partial charge in [0.15, 0.2) is 5.13 Å². The SMILES string of the molecule is CCCc1cc(C)c(NC(=O)c2cnc(Nc3cc(N4CCN(CCCOS(C)(=O)=O)CC4)nc(C)n3)s2)c(Cl)c1. The highest BCUT2D eigenvalue weighted by atomic mass is 35.5. The van der Waals surface area contributed by atoms with Gasteiger partial charge in [-0.1, -0.05) is 42.3 Å². The summed E-state index contributed by atoms with van der Waals surface area (Å²) in [6, 6.07) is 5.83. The molecule has 3 heterocycles. The minimum absolute atomic E-state index is 0.193. The number of thiazole rings is 1. The molecule has 1 aliphatic rings. The van der Waals surface area contributed by atoms with Crippen molar-refractivity contribution in [3.05, 3.63) is 51.2 Å². The van der Waals surface area contributed by atoms with Crippen LogP contribution in [0.15, 0.2) is 24.4 Å². The van der Waals surface area contributed by atoms with Gasteiger partial charge in [0.1, 0.15) is 22.3 Å². The number of amides is 1. The Morgan fingerprint density at radius 2 is 1.90 bits per heavy atom. The fourth-order valence-electron chi connectivity index (χ4n) is 4.61. The maximum Gasteiger partial charge on any atom is 0.267 e. The molecule has 11 nitrogen and oxygen atoms in total. The fraction of sp³-hybridized carbons (Fsp3) is 0.481. The number of carbonyl (C=O) groups is 1. The van der Waals surface area contributed by atoms with Crippen LogP contribution in [0.3, 0.4) is 0 Å². The van der Waals surface area contributed by atoms with Gasteiger partial charge in [-0.25, -0.2) is 15.0 Å². The zero-order chi connectivity index (χ0) is 29.6. The van der Waals surface area contributed by atoms with Crippen molar-refractivity contribution in [2.75, 3.05) is 61.1 Å². The molecule has 0 spiro atoms. The number of hydrogen-bond acceptors (Lipinski definition) is 11. The van der Waals surface area contributed by atoms with Crippen LogP contribution in [0.4, 0.5) is 22.5 Å². The molecular weight excluding hydrogens is 586 g/mol. The first-order valence-corrected chi connectivity index (χ1v) is 16.5. The maximum absolute atomic E-state index is 13.0. The van der Waals surface area contributed by atoms with Crippen molar-refractivity contribution >= 4 is 61.4 Å². The third-order valence-electron chi connectivity index (χ3n) is 6.53. The average Bonchev–Trinajstić information content (AvgIpc) is 3.37. The van der Waals surface area contributed by atoms with Crippen LogP contribution in [0.25, 0.3) is 0 Å². The van der Waals surface area contributed by atoms with Crippen LogP contribution >= 0.6 is 22.9 Å². The summed E-state index contributed by atoms with van der Waals surface area (Å²) in [5.74, 6) is 1.76. The van der Waals surface area contributed by atoms with Crippen molar-refractivity contribution in [2.45, 2.75) is 40.0 Å². The van der Waals surface area contributed by atoms with E-state index in [2.05, 4.69) is 48.4 Å². The van der Waals surface area contributed by atoms with E-state index < -0.39 is 10.1 Å². The van der Waals surface area contributed by atoms with Crippen LogP contribution in [-0.4, -0.2) is 79.8 Å². The smallest absolute Gasteiger partial charge is 0.267 e. The van der Waals surface area contributed by atoms with Crippen LogP contribution in [0.2, 0.25) is 5.02 Å². The summed E-state index contributed by atoms with van der Waals surface area (Å²) in [6.07, 6.45) is 5.21. The third-order valence-corrected chi connectivity index (χ3v) is 8.33. The minimum atomic E-state index is -3.40.